The number of rotatable bonds is 7. The van der Waals surface area contributed by atoms with Crippen LogP contribution in [0.2, 0.25) is 5.02 Å². The van der Waals surface area contributed by atoms with Crippen LogP contribution in [0.1, 0.15) is 22.3 Å². The average Bonchev–Trinajstić information content (AvgIpc) is 3.11. The second-order valence-electron chi connectivity index (χ2n) is 7.32. The summed E-state index contributed by atoms with van der Waals surface area (Å²) in [5, 5.41) is 5.95. The SMILES string of the molecule is O=C(CCn1c(=O)oc2cc(Cl)ccc21)Nc1ccc(C(=O)NCc2ccc(F)cc2)cc1. The molecule has 0 aliphatic carbocycles. The molecule has 0 bridgehead atoms. The Balaban J connectivity index is 1.31. The summed E-state index contributed by atoms with van der Waals surface area (Å²) >= 11 is 5.91. The quantitative estimate of drug-likeness (QED) is 0.422. The third kappa shape index (κ3) is 5.48. The summed E-state index contributed by atoms with van der Waals surface area (Å²) in [5.74, 6) is -1.48. The molecule has 0 aliphatic heterocycles. The number of benzene rings is 3. The molecule has 0 saturated heterocycles. The minimum atomic E-state index is -0.559. The first-order valence-electron chi connectivity index (χ1n) is 10.1. The van der Waals surface area contributed by atoms with Crippen LogP contribution in [0.4, 0.5) is 10.1 Å². The molecule has 1 heterocycles. The number of amides is 2. The first-order chi connectivity index (χ1) is 15.9. The number of aromatic nitrogens is 1. The summed E-state index contributed by atoms with van der Waals surface area (Å²) < 4.78 is 19.5. The molecule has 2 amide bonds. The number of fused-ring (bicyclic) bond motifs is 1. The number of nitrogens with one attached hydrogen (secondary N) is 2. The summed E-state index contributed by atoms with van der Waals surface area (Å²) in [4.78, 5) is 36.7. The molecule has 3 aromatic carbocycles. The number of carbonyl (C=O) groups is 2. The van der Waals surface area contributed by atoms with Crippen LogP contribution in [0.5, 0.6) is 0 Å². The summed E-state index contributed by atoms with van der Waals surface area (Å²) in [6, 6.07) is 17.1. The van der Waals surface area contributed by atoms with E-state index in [0.717, 1.165) is 5.56 Å². The highest BCUT2D eigenvalue weighted by Gasteiger charge is 2.12. The van der Waals surface area contributed by atoms with Gasteiger partial charge in [-0.25, -0.2) is 9.18 Å². The fourth-order valence-electron chi connectivity index (χ4n) is 3.28. The molecule has 0 unspecified atom stereocenters. The maximum atomic E-state index is 13.0. The Morgan fingerprint density at radius 2 is 1.73 bits per heavy atom. The van der Waals surface area contributed by atoms with Gasteiger partial charge in [0.05, 0.1) is 5.52 Å². The zero-order chi connectivity index (χ0) is 23.4. The smallest absolute Gasteiger partial charge is 0.408 e. The third-order valence-electron chi connectivity index (χ3n) is 4.99. The number of hydrogen-bond acceptors (Lipinski definition) is 4. The molecule has 0 atom stereocenters. The molecule has 1 aromatic heterocycles. The van der Waals surface area contributed by atoms with Crippen molar-refractivity contribution < 1.29 is 18.4 Å². The molecule has 0 spiro atoms. The maximum absolute atomic E-state index is 13.0. The molecule has 4 aromatic rings. The van der Waals surface area contributed by atoms with Gasteiger partial charge in [-0.05, 0) is 54.1 Å². The molecule has 33 heavy (non-hydrogen) atoms. The van der Waals surface area contributed by atoms with Crippen molar-refractivity contribution in [1.29, 1.82) is 0 Å². The lowest BCUT2D eigenvalue weighted by molar-refractivity contribution is -0.116. The van der Waals surface area contributed by atoms with Crippen molar-refractivity contribution in [3.63, 3.8) is 0 Å². The van der Waals surface area contributed by atoms with Gasteiger partial charge in [0.25, 0.3) is 5.91 Å². The van der Waals surface area contributed by atoms with Crippen molar-refractivity contribution in [2.45, 2.75) is 19.5 Å². The Kier molecular flexibility index (Phi) is 6.55. The molecule has 0 fully saturated rings. The normalized spacial score (nSPS) is 10.8. The van der Waals surface area contributed by atoms with E-state index < -0.39 is 5.76 Å². The van der Waals surface area contributed by atoms with Gasteiger partial charge in [-0.2, -0.15) is 0 Å². The topological polar surface area (TPSA) is 93.3 Å². The lowest BCUT2D eigenvalue weighted by atomic mass is 10.1. The van der Waals surface area contributed by atoms with Crippen molar-refractivity contribution in [3.8, 4) is 0 Å². The van der Waals surface area contributed by atoms with Gasteiger partial charge >= 0.3 is 5.76 Å². The van der Waals surface area contributed by atoms with Crippen LogP contribution in [0.25, 0.3) is 11.1 Å². The van der Waals surface area contributed by atoms with E-state index in [4.69, 9.17) is 16.0 Å². The van der Waals surface area contributed by atoms with E-state index in [0.29, 0.717) is 27.4 Å². The van der Waals surface area contributed by atoms with Crippen molar-refractivity contribution in [1.82, 2.24) is 9.88 Å². The van der Waals surface area contributed by atoms with Crippen LogP contribution in [-0.2, 0) is 17.9 Å². The largest absolute Gasteiger partial charge is 0.419 e. The number of oxazole rings is 1. The highest BCUT2D eigenvalue weighted by Crippen LogP contribution is 2.19. The van der Waals surface area contributed by atoms with Crippen LogP contribution in [-0.4, -0.2) is 16.4 Å². The molecule has 0 radical (unpaired) electrons. The minimum Gasteiger partial charge on any atom is -0.408 e. The van der Waals surface area contributed by atoms with Crippen LogP contribution in [0, 0.1) is 5.82 Å². The number of halogens is 2. The molecule has 2 N–H and O–H groups in total. The third-order valence-corrected chi connectivity index (χ3v) is 5.23. The Bertz CT molecular complexity index is 1360. The molecule has 9 heteroatoms. The summed E-state index contributed by atoms with van der Waals surface area (Å²) in [6.45, 7) is 0.412. The van der Waals surface area contributed by atoms with Gasteiger partial charge in [0, 0.05) is 41.9 Å². The number of aryl methyl sites for hydroxylation is 1. The number of nitrogens with zero attached hydrogens (tertiary/aromatic N) is 1. The van der Waals surface area contributed by atoms with E-state index >= 15 is 0 Å². The Morgan fingerprint density at radius 3 is 2.45 bits per heavy atom. The molecule has 4 rings (SSSR count). The first kappa shape index (κ1) is 22.3. The fourth-order valence-corrected chi connectivity index (χ4v) is 3.44. The van der Waals surface area contributed by atoms with Gasteiger partial charge in [-0.1, -0.05) is 23.7 Å². The van der Waals surface area contributed by atoms with Crippen LogP contribution in [0.15, 0.2) is 75.9 Å². The van der Waals surface area contributed by atoms with Crippen molar-refractivity contribution in [2.75, 3.05) is 5.32 Å². The molecule has 0 saturated carbocycles. The van der Waals surface area contributed by atoms with Crippen molar-refractivity contribution in [3.05, 3.63) is 99.2 Å². The lowest BCUT2D eigenvalue weighted by Crippen LogP contribution is -2.23. The summed E-state index contributed by atoms with van der Waals surface area (Å²) in [7, 11) is 0. The highest BCUT2D eigenvalue weighted by molar-refractivity contribution is 6.31. The Labute approximate surface area is 192 Å². The molecular weight excluding hydrogens is 449 g/mol. The first-order valence-corrected chi connectivity index (χ1v) is 10.5. The predicted octanol–water partition coefficient (Wildman–Crippen LogP) is 4.35. The van der Waals surface area contributed by atoms with Gasteiger partial charge in [0.2, 0.25) is 5.91 Å². The lowest BCUT2D eigenvalue weighted by Gasteiger charge is -2.08. The van der Waals surface area contributed by atoms with E-state index in [2.05, 4.69) is 10.6 Å². The monoisotopic (exact) mass is 467 g/mol. The number of anilines is 1. The second-order valence-corrected chi connectivity index (χ2v) is 7.75. The number of hydrogen-bond donors (Lipinski definition) is 2. The predicted molar refractivity (Wildman–Crippen MR) is 123 cm³/mol. The second kappa shape index (κ2) is 9.70. The van der Waals surface area contributed by atoms with Gasteiger partial charge in [-0.3, -0.25) is 14.2 Å². The minimum absolute atomic E-state index is 0.0527. The molecule has 7 nitrogen and oxygen atoms in total. The van der Waals surface area contributed by atoms with E-state index in [-0.39, 0.29) is 37.1 Å². The van der Waals surface area contributed by atoms with E-state index in [1.54, 1.807) is 54.6 Å². The van der Waals surface area contributed by atoms with E-state index in [1.165, 1.54) is 16.7 Å². The van der Waals surface area contributed by atoms with E-state index in [9.17, 15) is 18.8 Å². The highest BCUT2D eigenvalue weighted by atomic mass is 35.5. The van der Waals surface area contributed by atoms with Crippen LogP contribution in [0.3, 0.4) is 0 Å². The van der Waals surface area contributed by atoms with Gasteiger partial charge < -0.3 is 15.1 Å². The maximum Gasteiger partial charge on any atom is 0.419 e. The number of carbonyl (C=O) groups excluding carboxylic acids is 2. The molecule has 168 valence electrons. The standard InChI is InChI=1S/C24H19ClFN3O4/c25-17-5-10-20-21(13-17)33-24(32)29(20)12-11-22(30)28-19-8-3-16(4-9-19)23(31)27-14-15-1-6-18(26)7-2-15/h1-10,13H,11-12,14H2,(H,27,31)(H,28,30). The fraction of sp³-hybridized carbons (Fsp3) is 0.125. The van der Waals surface area contributed by atoms with Gasteiger partial charge in [0.1, 0.15) is 5.82 Å². The molecule has 0 aliphatic rings. The summed E-state index contributed by atoms with van der Waals surface area (Å²) in [6.07, 6.45) is 0.0527. The van der Waals surface area contributed by atoms with Crippen LogP contribution >= 0.6 is 11.6 Å². The zero-order valence-electron chi connectivity index (χ0n) is 17.3. The van der Waals surface area contributed by atoms with Gasteiger partial charge in [-0.15, -0.1) is 0 Å². The Hall–Kier alpha value is -3.91. The summed E-state index contributed by atoms with van der Waals surface area (Å²) in [5.41, 5.74) is 2.65. The average molecular weight is 468 g/mol. The van der Waals surface area contributed by atoms with Crippen molar-refractivity contribution >= 4 is 40.2 Å². The van der Waals surface area contributed by atoms with Gasteiger partial charge in [0.15, 0.2) is 5.58 Å². The zero-order valence-corrected chi connectivity index (χ0v) is 18.1. The van der Waals surface area contributed by atoms with Crippen LogP contribution < -0.4 is 16.4 Å². The Morgan fingerprint density at radius 1 is 1.00 bits per heavy atom. The van der Waals surface area contributed by atoms with E-state index in [1.807, 2.05) is 0 Å². The van der Waals surface area contributed by atoms with Crippen molar-refractivity contribution in [2.24, 2.45) is 0 Å². The molecular formula is C24H19ClFN3O4.